The minimum Gasteiger partial charge on any atom is -0.306 e. The van der Waals surface area contributed by atoms with E-state index >= 15 is 0 Å². The summed E-state index contributed by atoms with van der Waals surface area (Å²) in [5.41, 5.74) is 5.88. The van der Waals surface area contributed by atoms with Gasteiger partial charge in [0.25, 0.3) is 0 Å². The SMILES string of the molecule is CC1(C)C=C([C@@]23C=C[C@@H](C2)[C@H]2C(=C4CC(C)(C)NC(C)(C)C4)C=C[C@@H]23)CC(C)(C)N1. The number of hydrogen-bond acceptors (Lipinski definition) is 2. The van der Waals surface area contributed by atoms with E-state index in [0.717, 1.165) is 6.42 Å². The topological polar surface area (TPSA) is 24.1 Å². The lowest BCUT2D eigenvalue weighted by Gasteiger charge is -2.47. The van der Waals surface area contributed by atoms with Gasteiger partial charge in [-0.15, -0.1) is 0 Å². The molecule has 0 radical (unpaired) electrons. The molecule has 0 amide bonds. The van der Waals surface area contributed by atoms with E-state index in [4.69, 9.17) is 0 Å². The fraction of sp³-hybridized carbons (Fsp3) is 0.714. The number of piperidine rings is 1. The Hall–Kier alpha value is -1.12. The standard InChI is InChI=1S/C28H42N2/c1-24(2)13-19(14-25(3,4)29-24)21-9-10-22-23(21)18-11-12-28(22,15-18)20-16-26(5,6)30-27(7,8)17-20/h9-12,16,18,22-23,29-30H,13-15,17H2,1-8H3/t18-,22-,23-,28+/m0/s1. The fourth-order valence-electron chi connectivity index (χ4n) is 8.29. The molecule has 2 fully saturated rings. The molecule has 0 unspecified atom stereocenters. The van der Waals surface area contributed by atoms with Gasteiger partial charge in [0.2, 0.25) is 0 Å². The molecule has 4 atom stereocenters. The molecule has 164 valence electrons. The highest BCUT2D eigenvalue weighted by Gasteiger charge is 2.59. The lowest BCUT2D eigenvalue weighted by atomic mass is 9.64. The first-order valence-electron chi connectivity index (χ1n) is 12.1. The Kier molecular flexibility index (Phi) is 4.16. The smallest absolute Gasteiger partial charge is 0.0314 e. The van der Waals surface area contributed by atoms with Crippen molar-refractivity contribution in [3.63, 3.8) is 0 Å². The Balaban J connectivity index is 1.53. The number of rotatable bonds is 1. The zero-order valence-electron chi connectivity index (χ0n) is 20.4. The van der Waals surface area contributed by atoms with Crippen LogP contribution in [0.3, 0.4) is 0 Å². The molecule has 2 aliphatic heterocycles. The van der Waals surface area contributed by atoms with Crippen LogP contribution in [0.15, 0.2) is 47.1 Å². The molecule has 2 N–H and O–H groups in total. The molecule has 1 saturated heterocycles. The zero-order chi connectivity index (χ0) is 21.7. The van der Waals surface area contributed by atoms with Gasteiger partial charge in [-0.1, -0.05) is 41.5 Å². The molecule has 0 spiro atoms. The van der Waals surface area contributed by atoms with Crippen molar-refractivity contribution < 1.29 is 0 Å². The second-order valence-corrected chi connectivity index (χ2v) is 13.6. The molecule has 30 heavy (non-hydrogen) atoms. The molecule has 2 nitrogen and oxygen atoms in total. The highest BCUT2D eigenvalue weighted by atomic mass is 15.0. The minimum atomic E-state index is 0.0581. The summed E-state index contributed by atoms with van der Waals surface area (Å²) in [6, 6.07) is 0. The first-order valence-corrected chi connectivity index (χ1v) is 12.1. The van der Waals surface area contributed by atoms with Crippen LogP contribution in [0.2, 0.25) is 0 Å². The second-order valence-electron chi connectivity index (χ2n) is 13.6. The van der Waals surface area contributed by atoms with Crippen molar-refractivity contribution in [3.05, 3.63) is 47.1 Å². The Morgan fingerprint density at radius 1 is 0.800 bits per heavy atom. The Bertz CT molecular complexity index is 874. The quantitative estimate of drug-likeness (QED) is 0.516. The number of fused-ring (bicyclic) bond motifs is 5. The predicted molar refractivity (Wildman–Crippen MR) is 127 cm³/mol. The van der Waals surface area contributed by atoms with Gasteiger partial charge in [-0.2, -0.15) is 0 Å². The summed E-state index contributed by atoms with van der Waals surface area (Å²) in [5.74, 6) is 2.04. The molecule has 0 aromatic rings. The molecule has 2 bridgehead atoms. The van der Waals surface area contributed by atoms with Crippen molar-refractivity contribution in [3.8, 4) is 0 Å². The fourth-order valence-corrected chi connectivity index (χ4v) is 8.29. The molecular weight excluding hydrogens is 364 g/mol. The van der Waals surface area contributed by atoms with E-state index in [9.17, 15) is 0 Å². The van der Waals surface area contributed by atoms with Gasteiger partial charge in [0.1, 0.15) is 0 Å². The number of nitrogens with one attached hydrogen (secondary N) is 2. The average molecular weight is 407 g/mol. The van der Waals surface area contributed by atoms with E-state index in [1.807, 2.05) is 0 Å². The zero-order valence-corrected chi connectivity index (χ0v) is 20.4. The lowest BCUT2D eigenvalue weighted by molar-refractivity contribution is 0.219. The molecule has 1 saturated carbocycles. The van der Waals surface area contributed by atoms with Gasteiger partial charge in [-0.25, -0.2) is 0 Å². The van der Waals surface area contributed by atoms with Gasteiger partial charge in [-0.05, 0) is 104 Å². The van der Waals surface area contributed by atoms with Crippen LogP contribution in [0.4, 0.5) is 0 Å². The van der Waals surface area contributed by atoms with Gasteiger partial charge >= 0.3 is 0 Å². The Morgan fingerprint density at radius 3 is 2.07 bits per heavy atom. The summed E-state index contributed by atoms with van der Waals surface area (Å²) < 4.78 is 0. The van der Waals surface area contributed by atoms with Crippen LogP contribution in [-0.2, 0) is 0 Å². The van der Waals surface area contributed by atoms with Crippen molar-refractivity contribution in [1.29, 1.82) is 0 Å². The second kappa shape index (κ2) is 6.01. The van der Waals surface area contributed by atoms with Crippen LogP contribution in [0, 0.1) is 23.2 Å². The molecule has 2 heteroatoms. The van der Waals surface area contributed by atoms with E-state index in [0.29, 0.717) is 17.8 Å². The Morgan fingerprint density at radius 2 is 1.43 bits per heavy atom. The third-order valence-corrected chi connectivity index (χ3v) is 8.32. The van der Waals surface area contributed by atoms with Gasteiger partial charge in [-0.3, -0.25) is 0 Å². The van der Waals surface area contributed by atoms with Crippen molar-refractivity contribution in [2.45, 2.75) is 103 Å². The van der Waals surface area contributed by atoms with E-state index < -0.39 is 0 Å². The van der Waals surface area contributed by atoms with Gasteiger partial charge in [0.05, 0.1) is 0 Å². The van der Waals surface area contributed by atoms with Crippen molar-refractivity contribution in [1.82, 2.24) is 10.6 Å². The van der Waals surface area contributed by atoms with Crippen LogP contribution in [-0.4, -0.2) is 22.2 Å². The third kappa shape index (κ3) is 3.21. The molecule has 5 aliphatic rings. The third-order valence-electron chi connectivity index (χ3n) is 8.32. The maximum absolute atomic E-state index is 3.87. The maximum atomic E-state index is 3.87. The highest BCUT2D eigenvalue weighted by Crippen LogP contribution is 2.66. The minimum absolute atomic E-state index is 0.0581. The van der Waals surface area contributed by atoms with Crippen LogP contribution in [0.25, 0.3) is 0 Å². The van der Waals surface area contributed by atoms with E-state index in [1.165, 1.54) is 19.3 Å². The van der Waals surface area contributed by atoms with Crippen LogP contribution in [0.5, 0.6) is 0 Å². The summed E-state index contributed by atoms with van der Waals surface area (Å²) in [7, 11) is 0. The van der Waals surface area contributed by atoms with Crippen molar-refractivity contribution in [2.75, 3.05) is 0 Å². The summed E-state index contributed by atoms with van der Waals surface area (Å²) >= 11 is 0. The molecular formula is C28H42N2. The van der Waals surface area contributed by atoms with Crippen molar-refractivity contribution >= 4 is 0 Å². The maximum Gasteiger partial charge on any atom is 0.0314 e. The first-order chi connectivity index (χ1) is 13.7. The summed E-state index contributed by atoms with van der Waals surface area (Å²) in [6.45, 7) is 18.9. The lowest BCUT2D eigenvalue weighted by Crippen LogP contribution is -2.56. The first kappa shape index (κ1) is 20.8. The molecule has 3 aliphatic carbocycles. The average Bonchev–Trinajstić information content (AvgIpc) is 3.21. The molecule has 0 aromatic heterocycles. The Labute approximate surface area is 184 Å². The van der Waals surface area contributed by atoms with Gasteiger partial charge in [0.15, 0.2) is 0 Å². The summed E-state index contributed by atoms with van der Waals surface area (Å²) in [5, 5.41) is 7.71. The summed E-state index contributed by atoms with van der Waals surface area (Å²) in [6.07, 6.45) is 17.7. The number of allylic oxidation sites excluding steroid dienone is 5. The van der Waals surface area contributed by atoms with Crippen LogP contribution >= 0.6 is 0 Å². The van der Waals surface area contributed by atoms with Gasteiger partial charge in [0, 0.05) is 27.6 Å². The van der Waals surface area contributed by atoms with Crippen molar-refractivity contribution in [2.24, 2.45) is 23.2 Å². The normalized spacial score (nSPS) is 41.9. The predicted octanol–water partition coefficient (Wildman–Crippen LogP) is 6.08. The molecule has 2 heterocycles. The monoisotopic (exact) mass is 406 g/mol. The summed E-state index contributed by atoms with van der Waals surface area (Å²) in [4.78, 5) is 0. The molecule has 5 rings (SSSR count). The van der Waals surface area contributed by atoms with E-state index in [2.05, 4.69) is 96.4 Å². The van der Waals surface area contributed by atoms with E-state index in [-0.39, 0.29) is 27.6 Å². The van der Waals surface area contributed by atoms with Crippen LogP contribution < -0.4 is 10.6 Å². The van der Waals surface area contributed by atoms with E-state index in [1.54, 1.807) is 16.7 Å². The van der Waals surface area contributed by atoms with Gasteiger partial charge < -0.3 is 10.6 Å². The molecule has 0 aromatic carbocycles. The largest absolute Gasteiger partial charge is 0.306 e. The number of hydrogen-bond donors (Lipinski definition) is 2. The van der Waals surface area contributed by atoms with Crippen LogP contribution in [0.1, 0.15) is 81.1 Å². The highest BCUT2D eigenvalue weighted by molar-refractivity contribution is 5.49.